The number of fused-ring (bicyclic) bond motifs is 1. The Morgan fingerprint density at radius 1 is 0.833 bits per heavy atom. The molecule has 0 aromatic heterocycles. The van der Waals surface area contributed by atoms with E-state index in [9.17, 15) is 5.11 Å². The predicted octanol–water partition coefficient (Wildman–Crippen LogP) is 2.34. The molecule has 0 aromatic rings. The molecule has 3 rings (SSSR count). The summed E-state index contributed by atoms with van der Waals surface area (Å²) in [5.74, 6) is 2.13. The number of hydrogen-bond donors (Lipinski definition) is 1. The van der Waals surface area contributed by atoms with E-state index < -0.39 is 0 Å². The quantitative estimate of drug-likeness (QED) is 0.634. The van der Waals surface area contributed by atoms with Crippen molar-refractivity contribution in [2.24, 2.45) is 17.8 Å². The Morgan fingerprint density at radius 3 is 2.00 bits per heavy atom. The van der Waals surface area contributed by atoms with Crippen molar-refractivity contribution >= 4 is 0 Å². The van der Waals surface area contributed by atoms with Gasteiger partial charge in [0.1, 0.15) is 0 Å². The second-order valence-electron chi connectivity index (χ2n) is 5.01. The molecule has 3 fully saturated rings. The van der Waals surface area contributed by atoms with Crippen LogP contribution in [0.2, 0.25) is 0 Å². The number of hydrogen-bond acceptors (Lipinski definition) is 1. The molecule has 68 valence electrons. The zero-order valence-corrected chi connectivity index (χ0v) is 7.63. The largest absolute Gasteiger partial charge is 0.389 e. The molecule has 2 unspecified atom stereocenters. The summed E-state index contributed by atoms with van der Waals surface area (Å²) >= 11 is 0. The minimum Gasteiger partial charge on any atom is -0.389 e. The summed E-state index contributed by atoms with van der Waals surface area (Å²) in [5, 5.41) is 10.4. The van der Waals surface area contributed by atoms with Crippen LogP contribution in [0.5, 0.6) is 0 Å². The van der Waals surface area contributed by atoms with Crippen molar-refractivity contribution in [1.82, 2.24) is 0 Å². The van der Waals surface area contributed by atoms with Crippen molar-refractivity contribution in [3.63, 3.8) is 0 Å². The third-order valence-electron chi connectivity index (χ3n) is 4.60. The van der Waals surface area contributed by atoms with Crippen LogP contribution in [0.15, 0.2) is 0 Å². The van der Waals surface area contributed by atoms with Gasteiger partial charge in [-0.15, -0.1) is 0 Å². The zero-order chi connectivity index (χ0) is 8.18. The molecule has 1 heteroatoms. The van der Waals surface area contributed by atoms with Crippen LogP contribution in [0.25, 0.3) is 0 Å². The Morgan fingerprint density at radius 2 is 1.42 bits per heavy atom. The van der Waals surface area contributed by atoms with Crippen LogP contribution < -0.4 is 0 Å². The second-order valence-corrected chi connectivity index (χ2v) is 5.01. The molecule has 0 aromatic carbocycles. The van der Waals surface area contributed by atoms with Crippen molar-refractivity contribution in [2.45, 2.75) is 50.5 Å². The zero-order valence-electron chi connectivity index (χ0n) is 7.63. The van der Waals surface area contributed by atoms with Crippen LogP contribution >= 0.6 is 0 Å². The standard InChI is InChI=1S/C11H18O/c12-11(8-4-1-2-5-8)9-6-3-7-10(9)11/h8-10,12H,1-7H2. The van der Waals surface area contributed by atoms with Gasteiger partial charge in [0, 0.05) is 0 Å². The van der Waals surface area contributed by atoms with E-state index in [-0.39, 0.29) is 5.60 Å². The Kier molecular flexibility index (Phi) is 1.39. The molecule has 3 aliphatic rings. The molecule has 3 aliphatic carbocycles. The van der Waals surface area contributed by atoms with Crippen LogP contribution in [-0.4, -0.2) is 10.7 Å². The van der Waals surface area contributed by atoms with E-state index in [1.54, 1.807) is 0 Å². The summed E-state index contributed by atoms with van der Waals surface area (Å²) in [7, 11) is 0. The first-order valence-electron chi connectivity index (χ1n) is 5.56. The lowest BCUT2D eigenvalue weighted by Crippen LogP contribution is -2.25. The molecule has 0 heterocycles. The Bertz CT molecular complexity index is 183. The molecule has 0 spiro atoms. The predicted molar refractivity (Wildman–Crippen MR) is 47.7 cm³/mol. The van der Waals surface area contributed by atoms with Gasteiger partial charge in [-0.3, -0.25) is 0 Å². The summed E-state index contributed by atoms with van der Waals surface area (Å²) < 4.78 is 0. The minimum atomic E-state index is -0.158. The average molecular weight is 166 g/mol. The molecule has 1 nitrogen and oxygen atoms in total. The first-order chi connectivity index (χ1) is 5.83. The van der Waals surface area contributed by atoms with Crippen LogP contribution in [0, 0.1) is 17.8 Å². The van der Waals surface area contributed by atoms with E-state index in [0.717, 1.165) is 11.8 Å². The Hall–Kier alpha value is -0.0400. The maximum atomic E-state index is 10.4. The molecule has 0 amide bonds. The van der Waals surface area contributed by atoms with E-state index in [4.69, 9.17) is 0 Å². The molecule has 1 N–H and O–H groups in total. The fourth-order valence-electron chi connectivity index (χ4n) is 3.96. The van der Waals surface area contributed by atoms with Crippen LogP contribution in [-0.2, 0) is 0 Å². The molecule has 0 radical (unpaired) electrons. The van der Waals surface area contributed by atoms with Crippen molar-refractivity contribution < 1.29 is 5.11 Å². The molecular formula is C11H18O. The van der Waals surface area contributed by atoms with Gasteiger partial charge in [-0.05, 0) is 43.4 Å². The Balaban J connectivity index is 1.76. The highest BCUT2D eigenvalue weighted by Gasteiger charge is 2.68. The van der Waals surface area contributed by atoms with Crippen molar-refractivity contribution in [2.75, 3.05) is 0 Å². The van der Waals surface area contributed by atoms with Gasteiger partial charge in [-0.25, -0.2) is 0 Å². The van der Waals surface area contributed by atoms with E-state index in [2.05, 4.69) is 0 Å². The van der Waals surface area contributed by atoms with Crippen LogP contribution in [0.3, 0.4) is 0 Å². The molecule has 3 saturated carbocycles. The third kappa shape index (κ3) is 0.736. The summed E-state index contributed by atoms with van der Waals surface area (Å²) in [6.45, 7) is 0. The van der Waals surface area contributed by atoms with Gasteiger partial charge in [-0.2, -0.15) is 0 Å². The second kappa shape index (κ2) is 2.25. The lowest BCUT2D eigenvalue weighted by molar-refractivity contribution is 0.0461. The topological polar surface area (TPSA) is 20.2 Å². The summed E-state index contributed by atoms with van der Waals surface area (Å²) in [6.07, 6.45) is 9.37. The van der Waals surface area contributed by atoms with Gasteiger partial charge in [0.25, 0.3) is 0 Å². The van der Waals surface area contributed by atoms with Gasteiger partial charge in [-0.1, -0.05) is 19.3 Å². The lowest BCUT2D eigenvalue weighted by atomic mass is 9.92. The van der Waals surface area contributed by atoms with E-state index in [0.29, 0.717) is 5.92 Å². The smallest absolute Gasteiger partial charge is 0.0739 e. The lowest BCUT2D eigenvalue weighted by Gasteiger charge is -2.21. The van der Waals surface area contributed by atoms with E-state index in [1.807, 2.05) is 0 Å². The minimum absolute atomic E-state index is 0.158. The first-order valence-corrected chi connectivity index (χ1v) is 5.56. The molecule has 2 atom stereocenters. The van der Waals surface area contributed by atoms with Crippen molar-refractivity contribution in [3.05, 3.63) is 0 Å². The number of rotatable bonds is 1. The fourth-order valence-corrected chi connectivity index (χ4v) is 3.96. The van der Waals surface area contributed by atoms with Gasteiger partial charge < -0.3 is 5.11 Å². The molecule has 0 aliphatic heterocycles. The summed E-state index contributed by atoms with van der Waals surface area (Å²) in [6, 6.07) is 0. The maximum Gasteiger partial charge on any atom is 0.0739 e. The highest BCUT2D eigenvalue weighted by Crippen LogP contribution is 2.66. The molecular weight excluding hydrogens is 148 g/mol. The first kappa shape index (κ1) is 7.37. The van der Waals surface area contributed by atoms with Crippen LogP contribution in [0.4, 0.5) is 0 Å². The summed E-state index contributed by atoms with van der Waals surface area (Å²) in [5.41, 5.74) is -0.158. The van der Waals surface area contributed by atoms with Crippen LogP contribution in [0.1, 0.15) is 44.9 Å². The summed E-state index contributed by atoms with van der Waals surface area (Å²) in [4.78, 5) is 0. The SMILES string of the molecule is OC1(C2CCCC2)C2CCCC21. The molecule has 0 saturated heterocycles. The van der Waals surface area contributed by atoms with Gasteiger partial charge >= 0.3 is 0 Å². The average Bonchev–Trinajstić information content (AvgIpc) is 2.62. The Labute approximate surface area is 74.2 Å². The van der Waals surface area contributed by atoms with Crippen molar-refractivity contribution in [1.29, 1.82) is 0 Å². The molecule has 12 heavy (non-hydrogen) atoms. The van der Waals surface area contributed by atoms with Crippen molar-refractivity contribution in [3.8, 4) is 0 Å². The van der Waals surface area contributed by atoms with E-state index in [1.165, 1.54) is 44.9 Å². The number of aliphatic hydroxyl groups is 1. The monoisotopic (exact) mass is 166 g/mol. The van der Waals surface area contributed by atoms with Gasteiger partial charge in [0.15, 0.2) is 0 Å². The van der Waals surface area contributed by atoms with E-state index >= 15 is 0 Å². The third-order valence-corrected chi connectivity index (χ3v) is 4.60. The highest BCUT2D eigenvalue weighted by atomic mass is 16.3. The normalized spacial score (nSPS) is 52.8. The molecule has 0 bridgehead atoms. The van der Waals surface area contributed by atoms with Gasteiger partial charge in [0.2, 0.25) is 0 Å². The highest BCUT2D eigenvalue weighted by molar-refractivity contribution is 5.18. The fraction of sp³-hybridized carbons (Fsp3) is 1.00. The van der Waals surface area contributed by atoms with Gasteiger partial charge in [0.05, 0.1) is 5.60 Å². The maximum absolute atomic E-state index is 10.4.